The van der Waals surface area contributed by atoms with Crippen molar-refractivity contribution in [3.05, 3.63) is 0 Å². The molecule has 1 N–H and O–H groups in total. The predicted molar refractivity (Wildman–Crippen MR) is 44.9 cm³/mol. The van der Waals surface area contributed by atoms with Crippen LogP contribution in [0.4, 0.5) is 0 Å². The van der Waals surface area contributed by atoms with Gasteiger partial charge >= 0.3 is 0 Å². The molecule has 2 unspecified atom stereocenters. The lowest BCUT2D eigenvalue weighted by Crippen LogP contribution is -2.01. The first kappa shape index (κ1) is 10.4. The van der Waals surface area contributed by atoms with E-state index in [0.717, 1.165) is 25.7 Å². The third-order valence-electron chi connectivity index (χ3n) is 1.85. The molecule has 2 heteroatoms. The lowest BCUT2D eigenvalue weighted by atomic mass is 10.00. The van der Waals surface area contributed by atoms with E-state index in [0.29, 0.717) is 0 Å². The Hall–Kier alpha value is -0.550. The zero-order chi connectivity index (χ0) is 8.69. The molecule has 0 aromatic rings. The normalized spacial score (nSPS) is 15.5. The van der Waals surface area contributed by atoms with Crippen LogP contribution >= 0.6 is 0 Å². The van der Waals surface area contributed by atoms with Crippen LogP contribution in [0.15, 0.2) is 0 Å². The molecule has 0 rings (SSSR count). The second kappa shape index (κ2) is 6.18. The number of aliphatic hydroxyl groups excluding tert-OH is 1. The minimum absolute atomic E-state index is 0.189. The van der Waals surface area contributed by atoms with Crippen molar-refractivity contribution in [2.45, 2.75) is 45.6 Å². The third kappa shape index (κ3) is 5.87. The molecular formula is C9H17NO. The molecule has 2 atom stereocenters. The van der Waals surface area contributed by atoms with E-state index in [9.17, 15) is 0 Å². The largest absolute Gasteiger partial charge is 0.393 e. The number of nitrogens with zero attached hydrogens (tertiary/aromatic N) is 1. The van der Waals surface area contributed by atoms with E-state index < -0.39 is 0 Å². The van der Waals surface area contributed by atoms with Crippen molar-refractivity contribution in [1.82, 2.24) is 0 Å². The molecule has 0 saturated carbocycles. The molecule has 0 saturated heterocycles. The second-order valence-electron chi connectivity index (χ2n) is 3.01. The summed E-state index contributed by atoms with van der Waals surface area (Å²) in [7, 11) is 0. The van der Waals surface area contributed by atoms with Crippen LogP contribution in [0.1, 0.15) is 39.5 Å². The smallest absolute Gasteiger partial charge is 0.0655 e. The van der Waals surface area contributed by atoms with Crippen LogP contribution < -0.4 is 0 Å². The van der Waals surface area contributed by atoms with E-state index in [-0.39, 0.29) is 12.0 Å². The molecule has 0 heterocycles. The van der Waals surface area contributed by atoms with Gasteiger partial charge in [-0.3, -0.25) is 0 Å². The van der Waals surface area contributed by atoms with Gasteiger partial charge in [0.05, 0.1) is 12.2 Å². The summed E-state index contributed by atoms with van der Waals surface area (Å²) in [6.45, 7) is 3.81. The summed E-state index contributed by atoms with van der Waals surface area (Å²) in [6.07, 6.45) is 3.42. The van der Waals surface area contributed by atoms with Gasteiger partial charge in [0.1, 0.15) is 0 Å². The van der Waals surface area contributed by atoms with Gasteiger partial charge in [-0.15, -0.1) is 0 Å². The Labute approximate surface area is 68.8 Å². The summed E-state index contributed by atoms with van der Waals surface area (Å²) >= 11 is 0. The fourth-order valence-corrected chi connectivity index (χ4v) is 1.02. The standard InChI is InChI=1S/C9H17NO/c1-3-9(7-10)6-4-5-8(2)11/h8-9,11H,3-6H2,1-2H3. The van der Waals surface area contributed by atoms with Gasteiger partial charge in [0.2, 0.25) is 0 Å². The van der Waals surface area contributed by atoms with Crippen LogP contribution in [0.25, 0.3) is 0 Å². The molecule has 0 aromatic heterocycles. The van der Waals surface area contributed by atoms with Gasteiger partial charge < -0.3 is 5.11 Å². The Bertz CT molecular complexity index is 126. The SMILES string of the molecule is CCC(C#N)CCCC(C)O. The Kier molecular flexibility index (Phi) is 5.87. The van der Waals surface area contributed by atoms with Crippen LogP contribution in [-0.2, 0) is 0 Å². The average Bonchev–Trinajstić information content (AvgIpc) is 1.98. The molecule has 0 fully saturated rings. The first-order chi connectivity index (χ1) is 5.20. The minimum Gasteiger partial charge on any atom is -0.393 e. The van der Waals surface area contributed by atoms with Gasteiger partial charge in [0.15, 0.2) is 0 Å². The van der Waals surface area contributed by atoms with Crippen molar-refractivity contribution in [2.75, 3.05) is 0 Å². The third-order valence-corrected chi connectivity index (χ3v) is 1.85. The molecule has 0 radical (unpaired) electrons. The molecule has 2 nitrogen and oxygen atoms in total. The van der Waals surface area contributed by atoms with Crippen molar-refractivity contribution in [3.8, 4) is 6.07 Å². The summed E-state index contributed by atoms with van der Waals surface area (Å²) in [4.78, 5) is 0. The Morgan fingerprint density at radius 3 is 2.45 bits per heavy atom. The molecule has 0 aliphatic carbocycles. The highest BCUT2D eigenvalue weighted by Gasteiger charge is 2.04. The molecule has 0 amide bonds. The molecule has 0 spiro atoms. The summed E-state index contributed by atoms with van der Waals surface area (Å²) < 4.78 is 0. The highest BCUT2D eigenvalue weighted by molar-refractivity contribution is 4.80. The monoisotopic (exact) mass is 155 g/mol. The van der Waals surface area contributed by atoms with Crippen molar-refractivity contribution in [3.63, 3.8) is 0 Å². The van der Waals surface area contributed by atoms with Crippen molar-refractivity contribution >= 4 is 0 Å². The highest BCUT2D eigenvalue weighted by Crippen LogP contribution is 2.11. The Morgan fingerprint density at radius 1 is 1.45 bits per heavy atom. The van der Waals surface area contributed by atoms with E-state index in [4.69, 9.17) is 10.4 Å². The summed E-state index contributed by atoms with van der Waals surface area (Å²) in [5.41, 5.74) is 0. The van der Waals surface area contributed by atoms with Gasteiger partial charge in [-0.05, 0) is 32.6 Å². The van der Waals surface area contributed by atoms with Crippen molar-refractivity contribution < 1.29 is 5.11 Å². The molecule has 64 valence electrons. The summed E-state index contributed by atoms with van der Waals surface area (Å²) in [5.74, 6) is 0.189. The van der Waals surface area contributed by atoms with Crippen LogP contribution in [0.2, 0.25) is 0 Å². The maximum atomic E-state index is 8.93. The zero-order valence-corrected chi connectivity index (χ0v) is 7.38. The van der Waals surface area contributed by atoms with Gasteiger partial charge in [0.25, 0.3) is 0 Å². The Balaban J connectivity index is 3.30. The molecule has 0 aliphatic heterocycles. The maximum Gasteiger partial charge on any atom is 0.0655 e. The van der Waals surface area contributed by atoms with E-state index in [1.165, 1.54) is 0 Å². The summed E-state index contributed by atoms with van der Waals surface area (Å²) in [5, 5.41) is 17.5. The van der Waals surface area contributed by atoms with Gasteiger partial charge in [-0.1, -0.05) is 6.92 Å². The first-order valence-electron chi connectivity index (χ1n) is 4.28. The molecule has 0 bridgehead atoms. The molecular weight excluding hydrogens is 138 g/mol. The lowest BCUT2D eigenvalue weighted by molar-refractivity contribution is 0.179. The van der Waals surface area contributed by atoms with Crippen LogP contribution in [0, 0.1) is 17.2 Å². The fourth-order valence-electron chi connectivity index (χ4n) is 1.02. The minimum atomic E-state index is -0.216. The molecule has 0 aromatic carbocycles. The van der Waals surface area contributed by atoms with E-state index in [2.05, 4.69) is 6.07 Å². The number of hydrogen-bond acceptors (Lipinski definition) is 2. The van der Waals surface area contributed by atoms with Crippen molar-refractivity contribution in [1.29, 1.82) is 5.26 Å². The molecule has 11 heavy (non-hydrogen) atoms. The van der Waals surface area contributed by atoms with Gasteiger partial charge in [-0.2, -0.15) is 5.26 Å². The van der Waals surface area contributed by atoms with Gasteiger partial charge in [0, 0.05) is 5.92 Å². The van der Waals surface area contributed by atoms with E-state index >= 15 is 0 Å². The van der Waals surface area contributed by atoms with Crippen LogP contribution in [0.3, 0.4) is 0 Å². The highest BCUT2D eigenvalue weighted by atomic mass is 16.3. The number of hydrogen-bond donors (Lipinski definition) is 1. The van der Waals surface area contributed by atoms with E-state index in [1.807, 2.05) is 6.92 Å². The summed E-state index contributed by atoms with van der Waals surface area (Å²) in [6, 6.07) is 2.24. The van der Waals surface area contributed by atoms with Crippen molar-refractivity contribution in [2.24, 2.45) is 5.92 Å². The van der Waals surface area contributed by atoms with Gasteiger partial charge in [-0.25, -0.2) is 0 Å². The molecule has 0 aliphatic rings. The first-order valence-corrected chi connectivity index (χ1v) is 4.28. The topological polar surface area (TPSA) is 44.0 Å². The number of aliphatic hydroxyl groups is 1. The number of nitriles is 1. The van der Waals surface area contributed by atoms with Crippen LogP contribution in [0.5, 0.6) is 0 Å². The zero-order valence-electron chi connectivity index (χ0n) is 7.38. The predicted octanol–water partition coefficient (Wildman–Crippen LogP) is 2.09. The second-order valence-corrected chi connectivity index (χ2v) is 3.01. The number of rotatable bonds is 5. The lowest BCUT2D eigenvalue weighted by Gasteiger charge is -2.06. The maximum absolute atomic E-state index is 8.93. The quantitative estimate of drug-likeness (QED) is 0.660. The fraction of sp³-hybridized carbons (Fsp3) is 0.889. The Morgan fingerprint density at radius 2 is 2.09 bits per heavy atom. The van der Waals surface area contributed by atoms with E-state index in [1.54, 1.807) is 6.92 Å². The average molecular weight is 155 g/mol. The van der Waals surface area contributed by atoms with Crippen LogP contribution in [-0.4, -0.2) is 11.2 Å².